The number of rotatable bonds is 8. The second kappa shape index (κ2) is 10.2. The maximum Gasteiger partial charge on any atom is 0.251 e. The molecular weight excluding hydrogens is 402 g/mol. The van der Waals surface area contributed by atoms with Crippen molar-refractivity contribution in [2.24, 2.45) is 0 Å². The highest BCUT2D eigenvalue weighted by Crippen LogP contribution is 2.21. The van der Waals surface area contributed by atoms with Crippen LogP contribution in [0.2, 0.25) is 0 Å². The van der Waals surface area contributed by atoms with Gasteiger partial charge in [-0.25, -0.2) is 8.42 Å². The molecule has 0 unspecified atom stereocenters. The minimum absolute atomic E-state index is 0.154. The fraction of sp³-hybridized carbons (Fsp3) is 0.409. The predicted octanol–water partition coefficient (Wildman–Crippen LogP) is 1.88. The minimum Gasteiger partial charge on any atom is -0.383 e. The number of hydrogen-bond acceptors (Lipinski definition) is 5. The SMILES string of the molecule is COCCNC(=O)c1cc(S(=O)(=O)N2CCN(Cc3ccccc3)CC2)ccc1C. The van der Waals surface area contributed by atoms with Gasteiger partial charge in [-0.15, -0.1) is 0 Å². The molecule has 1 saturated heterocycles. The van der Waals surface area contributed by atoms with Gasteiger partial charge >= 0.3 is 0 Å². The largest absolute Gasteiger partial charge is 0.383 e. The zero-order valence-electron chi connectivity index (χ0n) is 17.5. The first-order valence-corrected chi connectivity index (χ1v) is 11.5. The molecule has 0 bridgehead atoms. The Balaban J connectivity index is 1.67. The van der Waals surface area contributed by atoms with Crippen molar-refractivity contribution < 1.29 is 17.9 Å². The number of piperazine rings is 1. The summed E-state index contributed by atoms with van der Waals surface area (Å²) in [7, 11) is -2.09. The minimum atomic E-state index is -3.65. The number of amides is 1. The van der Waals surface area contributed by atoms with Crippen molar-refractivity contribution in [2.75, 3.05) is 46.4 Å². The van der Waals surface area contributed by atoms with Crippen LogP contribution in [0.3, 0.4) is 0 Å². The molecule has 0 radical (unpaired) electrons. The van der Waals surface area contributed by atoms with Crippen LogP contribution >= 0.6 is 0 Å². The number of methoxy groups -OCH3 is 1. The molecule has 1 fully saturated rings. The van der Waals surface area contributed by atoms with E-state index in [1.54, 1.807) is 26.2 Å². The van der Waals surface area contributed by atoms with Crippen LogP contribution < -0.4 is 5.32 Å². The third-order valence-corrected chi connectivity index (χ3v) is 7.16. The Kier molecular flexibility index (Phi) is 7.60. The van der Waals surface area contributed by atoms with E-state index in [0.717, 1.165) is 12.1 Å². The number of sulfonamides is 1. The van der Waals surface area contributed by atoms with Gasteiger partial charge in [0.05, 0.1) is 11.5 Å². The number of carbonyl (C=O) groups excluding carboxylic acids is 1. The highest BCUT2D eigenvalue weighted by Gasteiger charge is 2.29. The van der Waals surface area contributed by atoms with E-state index < -0.39 is 10.0 Å². The monoisotopic (exact) mass is 431 g/mol. The van der Waals surface area contributed by atoms with Crippen molar-refractivity contribution in [3.63, 3.8) is 0 Å². The summed E-state index contributed by atoms with van der Waals surface area (Å²) in [5.41, 5.74) is 2.32. The summed E-state index contributed by atoms with van der Waals surface area (Å²) in [5.74, 6) is -0.297. The molecule has 30 heavy (non-hydrogen) atoms. The van der Waals surface area contributed by atoms with Gasteiger partial charge in [0.25, 0.3) is 5.91 Å². The van der Waals surface area contributed by atoms with Crippen LogP contribution in [0.5, 0.6) is 0 Å². The van der Waals surface area contributed by atoms with E-state index in [-0.39, 0.29) is 10.8 Å². The first-order valence-electron chi connectivity index (χ1n) is 10.1. The highest BCUT2D eigenvalue weighted by atomic mass is 32.2. The number of nitrogens with zero attached hydrogens (tertiary/aromatic N) is 2. The lowest BCUT2D eigenvalue weighted by atomic mass is 10.1. The molecule has 8 heteroatoms. The zero-order chi connectivity index (χ0) is 21.6. The third-order valence-electron chi connectivity index (χ3n) is 5.26. The number of nitrogens with one attached hydrogen (secondary N) is 1. The Morgan fingerprint density at radius 1 is 1.07 bits per heavy atom. The standard InChI is InChI=1S/C22H29N3O4S/c1-18-8-9-20(16-21(18)22(26)23-10-15-29-2)30(27,28)25-13-11-24(12-14-25)17-19-6-4-3-5-7-19/h3-9,16H,10-15,17H2,1-2H3,(H,23,26). The average Bonchev–Trinajstić information content (AvgIpc) is 2.75. The Hall–Kier alpha value is -2.26. The second-order valence-electron chi connectivity index (χ2n) is 7.39. The molecule has 0 aliphatic carbocycles. The van der Waals surface area contributed by atoms with Gasteiger partial charge in [-0.2, -0.15) is 4.31 Å². The van der Waals surface area contributed by atoms with Crippen molar-refractivity contribution in [3.8, 4) is 0 Å². The maximum atomic E-state index is 13.2. The van der Waals surface area contributed by atoms with E-state index in [1.807, 2.05) is 18.2 Å². The molecule has 0 aromatic heterocycles. The highest BCUT2D eigenvalue weighted by molar-refractivity contribution is 7.89. The molecule has 1 aliphatic heterocycles. The fourth-order valence-corrected chi connectivity index (χ4v) is 4.94. The van der Waals surface area contributed by atoms with E-state index in [2.05, 4.69) is 22.3 Å². The quantitative estimate of drug-likeness (QED) is 0.646. The summed E-state index contributed by atoms with van der Waals surface area (Å²) in [6.07, 6.45) is 0. The van der Waals surface area contributed by atoms with Crippen molar-refractivity contribution in [2.45, 2.75) is 18.4 Å². The van der Waals surface area contributed by atoms with Crippen molar-refractivity contribution in [1.29, 1.82) is 0 Å². The van der Waals surface area contributed by atoms with Crippen LogP contribution in [-0.2, 0) is 21.3 Å². The molecule has 0 spiro atoms. The Bertz CT molecular complexity index is 956. The Morgan fingerprint density at radius 2 is 1.77 bits per heavy atom. The molecule has 2 aromatic rings. The molecule has 0 saturated carbocycles. The predicted molar refractivity (Wildman–Crippen MR) is 116 cm³/mol. The van der Waals surface area contributed by atoms with Gasteiger partial charge in [0.2, 0.25) is 10.0 Å². The van der Waals surface area contributed by atoms with E-state index >= 15 is 0 Å². The third kappa shape index (κ3) is 5.46. The number of hydrogen-bond donors (Lipinski definition) is 1. The van der Waals surface area contributed by atoms with Gasteiger partial charge in [-0.1, -0.05) is 36.4 Å². The summed E-state index contributed by atoms with van der Waals surface area (Å²) < 4.78 is 32.8. The molecular formula is C22H29N3O4S. The van der Waals surface area contributed by atoms with Gasteiger partial charge in [0.15, 0.2) is 0 Å². The molecule has 1 amide bonds. The van der Waals surface area contributed by atoms with Gasteiger partial charge in [0, 0.05) is 51.9 Å². The molecule has 7 nitrogen and oxygen atoms in total. The van der Waals surface area contributed by atoms with Crippen molar-refractivity contribution in [1.82, 2.24) is 14.5 Å². The first kappa shape index (κ1) is 22.4. The second-order valence-corrected chi connectivity index (χ2v) is 9.33. The summed E-state index contributed by atoms with van der Waals surface area (Å²) in [4.78, 5) is 14.8. The van der Waals surface area contributed by atoms with Crippen LogP contribution in [0.1, 0.15) is 21.5 Å². The fourth-order valence-electron chi connectivity index (χ4n) is 3.49. The molecule has 2 aromatic carbocycles. The lowest BCUT2D eigenvalue weighted by molar-refractivity contribution is 0.0936. The summed E-state index contributed by atoms with van der Waals surface area (Å²) in [6, 6.07) is 14.9. The molecule has 1 heterocycles. The van der Waals surface area contributed by atoms with E-state index in [4.69, 9.17) is 4.74 Å². The van der Waals surface area contributed by atoms with Crippen LogP contribution in [-0.4, -0.2) is 70.0 Å². The number of benzene rings is 2. The smallest absolute Gasteiger partial charge is 0.251 e. The normalized spacial score (nSPS) is 15.8. The topological polar surface area (TPSA) is 78.9 Å². The lowest BCUT2D eigenvalue weighted by Gasteiger charge is -2.34. The van der Waals surface area contributed by atoms with Crippen LogP contribution in [0, 0.1) is 6.92 Å². The van der Waals surface area contributed by atoms with Crippen molar-refractivity contribution >= 4 is 15.9 Å². The van der Waals surface area contributed by atoms with Crippen LogP contribution in [0.15, 0.2) is 53.4 Å². The average molecular weight is 432 g/mol. The lowest BCUT2D eigenvalue weighted by Crippen LogP contribution is -2.48. The molecule has 1 N–H and O–H groups in total. The molecule has 162 valence electrons. The maximum absolute atomic E-state index is 13.2. The first-order chi connectivity index (χ1) is 14.4. The summed E-state index contributed by atoms with van der Waals surface area (Å²) in [6.45, 7) is 5.58. The van der Waals surface area contributed by atoms with Gasteiger partial charge in [0.1, 0.15) is 0 Å². The molecule has 3 rings (SSSR count). The van der Waals surface area contributed by atoms with Crippen molar-refractivity contribution in [3.05, 3.63) is 65.2 Å². The molecule has 0 atom stereocenters. The van der Waals surface area contributed by atoms with Gasteiger partial charge in [-0.05, 0) is 30.2 Å². The van der Waals surface area contributed by atoms with Gasteiger partial charge in [-0.3, -0.25) is 9.69 Å². The van der Waals surface area contributed by atoms with Crippen LogP contribution in [0.4, 0.5) is 0 Å². The number of aryl methyl sites for hydroxylation is 1. The molecule has 1 aliphatic rings. The summed E-state index contributed by atoms with van der Waals surface area (Å²) >= 11 is 0. The van der Waals surface area contributed by atoms with E-state index in [0.29, 0.717) is 44.9 Å². The Labute approximate surface area is 178 Å². The van der Waals surface area contributed by atoms with Crippen LogP contribution in [0.25, 0.3) is 0 Å². The summed E-state index contributed by atoms with van der Waals surface area (Å²) in [5, 5.41) is 2.75. The van der Waals surface area contributed by atoms with E-state index in [1.165, 1.54) is 15.9 Å². The zero-order valence-corrected chi connectivity index (χ0v) is 18.3. The van der Waals surface area contributed by atoms with Gasteiger partial charge < -0.3 is 10.1 Å². The Morgan fingerprint density at radius 3 is 2.43 bits per heavy atom. The van der Waals surface area contributed by atoms with E-state index in [9.17, 15) is 13.2 Å². The number of ether oxygens (including phenoxy) is 1. The number of carbonyl (C=O) groups is 1.